The molecule has 0 aliphatic carbocycles. The Morgan fingerprint density at radius 2 is 2.00 bits per heavy atom. The van der Waals surface area contributed by atoms with Crippen molar-refractivity contribution in [3.8, 4) is 0 Å². The third-order valence-electron chi connectivity index (χ3n) is 1.72. The van der Waals surface area contributed by atoms with Crippen molar-refractivity contribution < 1.29 is 9.53 Å². The number of hydrogen-bond acceptors (Lipinski definition) is 2. The highest BCUT2D eigenvalue weighted by atomic mass is 16.5. The van der Waals surface area contributed by atoms with Gasteiger partial charge in [-0.05, 0) is 18.6 Å². The van der Waals surface area contributed by atoms with Gasteiger partial charge in [-0.15, -0.1) is 0 Å². The molecule has 0 spiro atoms. The molecule has 0 saturated heterocycles. The number of hydrogen-bond donors (Lipinski definition) is 0. The van der Waals surface area contributed by atoms with Crippen LogP contribution in [0.3, 0.4) is 0 Å². The number of ether oxygens (including phenoxy) is 1. The maximum atomic E-state index is 11.1. The lowest BCUT2D eigenvalue weighted by atomic mass is 10.2. The normalized spacial score (nSPS) is 9.69. The molecule has 0 heterocycles. The summed E-state index contributed by atoms with van der Waals surface area (Å²) in [6, 6.07) is 0. The van der Waals surface area contributed by atoms with Gasteiger partial charge in [-0.3, -0.25) is 4.79 Å². The van der Waals surface area contributed by atoms with Crippen LogP contribution in [-0.4, -0.2) is 12.1 Å². The monoisotopic (exact) mass is 182 g/mol. The van der Waals surface area contributed by atoms with Crippen molar-refractivity contribution >= 4 is 5.97 Å². The van der Waals surface area contributed by atoms with Crippen molar-refractivity contribution in [2.24, 2.45) is 0 Å². The molecule has 0 saturated carbocycles. The molecule has 0 aromatic carbocycles. The Hall–Kier alpha value is -1.05. The summed E-state index contributed by atoms with van der Waals surface area (Å²) < 4.78 is 5.02. The third-order valence-corrected chi connectivity index (χ3v) is 1.72. The average molecular weight is 182 g/mol. The number of carbonyl (C=O) groups excluding carboxylic acids is 1. The summed E-state index contributed by atoms with van der Waals surface area (Å²) in [5, 5.41) is 0. The van der Waals surface area contributed by atoms with E-state index < -0.39 is 0 Å². The van der Waals surface area contributed by atoms with E-state index in [4.69, 9.17) is 4.74 Å². The summed E-state index contributed by atoms with van der Waals surface area (Å²) in [5.74, 6) is -0.168. The number of rotatable bonds is 7. The van der Waals surface area contributed by atoms with Gasteiger partial charge in [0.1, 0.15) is 6.10 Å². The van der Waals surface area contributed by atoms with Crippen LogP contribution in [0.15, 0.2) is 25.3 Å². The first-order valence-electron chi connectivity index (χ1n) is 4.69. The van der Waals surface area contributed by atoms with E-state index in [9.17, 15) is 4.79 Å². The van der Waals surface area contributed by atoms with E-state index in [1.807, 2.05) is 0 Å². The topological polar surface area (TPSA) is 26.3 Å². The molecular formula is C11H18O2. The van der Waals surface area contributed by atoms with Crippen molar-refractivity contribution in [2.45, 2.75) is 38.7 Å². The lowest BCUT2D eigenvalue weighted by Gasteiger charge is -2.08. The van der Waals surface area contributed by atoms with Crippen LogP contribution >= 0.6 is 0 Å². The molecule has 0 amide bonds. The smallest absolute Gasteiger partial charge is 0.306 e. The molecule has 0 unspecified atom stereocenters. The molecule has 74 valence electrons. The SMILES string of the molecule is C=CC(C=C)OC(=O)CCCCC. The fraction of sp³-hybridized carbons (Fsp3) is 0.545. The molecule has 0 bridgehead atoms. The molecular weight excluding hydrogens is 164 g/mol. The van der Waals surface area contributed by atoms with E-state index in [0.29, 0.717) is 6.42 Å². The second-order valence-corrected chi connectivity index (χ2v) is 2.88. The van der Waals surface area contributed by atoms with Crippen molar-refractivity contribution in [3.05, 3.63) is 25.3 Å². The summed E-state index contributed by atoms with van der Waals surface area (Å²) in [6.07, 6.45) is 6.36. The van der Waals surface area contributed by atoms with Crippen molar-refractivity contribution in [2.75, 3.05) is 0 Å². The lowest BCUT2D eigenvalue weighted by molar-refractivity contribution is -0.145. The van der Waals surface area contributed by atoms with E-state index in [2.05, 4.69) is 20.1 Å². The van der Waals surface area contributed by atoms with Crippen LogP contribution in [0.4, 0.5) is 0 Å². The highest BCUT2D eigenvalue weighted by molar-refractivity contribution is 5.69. The average Bonchev–Trinajstić information content (AvgIpc) is 2.14. The Kier molecular flexibility index (Phi) is 6.98. The molecule has 0 atom stereocenters. The minimum absolute atomic E-state index is 0.168. The quantitative estimate of drug-likeness (QED) is 0.344. The summed E-state index contributed by atoms with van der Waals surface area (Å²) in [6.45, 7) is 9.16. The van der Waals surface area contributed by atoms with Crippen molar-refractivity contribution in [1.29, 1.82) is 0 Å². The fourth-order valence-electron chi connectivity index (χ4n) is 0.922. The van der Waals surface area contributed by atoms with Crippen LogP contribution in [0.2, 0.25) is 0 Å². The highest BCUT2D eigenvalue weighted by Crippen LogP contribution is 2.03. The first-order chi connectivity index (χ1) is 6.24. The first-order valence-corrected chi connectivity index (χ1v) is 4.69. The summed E-state index contributed by atoms with van der Waals surface area (Å²) >= 11 is 0. The van der Waals surface area contributed by atoms with E-state index in [1.165, 1.54) is 0 Å². The van der Waals surface area contributed by atoms with Gasteiger partial charge < -0.3 is 4.74 Å². The molecule has 0 aliphatic rings. The zero-order valence-corrected chi connectivity index (χ0v) is 8.29. The van der Waals surface area contributed by atoms with Gasteiger partial charge in [-0.25, -0.2) is 0 Å². The van der Waals surface area contributed by atoms with Gasteiger partial charge in [0.15, 0.2) is 0 Å². The minimum atomic E-state index is -0.339. The van der Waals surface area contributed by atoms with Crippen LogP contribution in [-0.2, 0) is 9.53 Å². The van der Waals surface area contributed by atoms with Gasteiger partial charge in [-0.1, -0.05) is 32.9 Å². The van der Waals surface area contributed by atoms with E-state index >= 15 is 0 Å². The van der Waals surface area contributed by atoms with Crippen LogP contribution in [0.1, 0.15) is 32.6 Å². The van der Waals surface area contributed by atoms with Crippen molar-refractivity contribution in [3.63, 3.8) is 0 Å². The zero-order chi connectivity index (χ0) is 10.1. The van der Waals surface area contributed by atoms with Gasteiger partial charge >= 0.3 is 5.97 Å². The third kappa shape index (κ3) is 6.14. The predicted octanol–water partition coefficient (Wildman–Crippen LogP) is 2.85. The maximum absolute atomic E-state index is 11.1. The molecule has 2 heteroatoms. The largest absolute Gasteiger partial charge is 0.454 e. The molecule has 0 aromatic rings. The Morgan fingerprint density at radius 3 is 2.46 bits per heavy atom. The van der Waals surface area contributed by atoms with Crippen LogP contribution < -0.4 is 0 Å². The summed E-state index contributed by atoms with van der Waals surface area (Å²) in [5.41, 5.74) is 0. The Morgan fingerprint density at radius 1 is 1.38 bits per heavy atom. The first kappa shape index (κ1) is 11.9. The zero-order valence-electron chi connectivity index (χ0n) is 8.29. The second kappa shape index (κ2) is 7.59. The van der Waals surface area contributed by atoms with E-state index in [-0.39, 0.29) is 12.1 Å². The van der Waals surface area contributed by atoms with Crippen LogP contribution in [0.25, 0.3) is 0 Å². The molecule has 0 aliphatic heterocycles. The number of carbonyl (C=O) groups is 1. The van der Waals surface area contributed by atoms with Gasteiger partial charge in [-0.2, -0.15) is 0 Å². The van der Waals surface area contributed by atoms with Crippen LogP contribution in [0, 0.1) is 0 Å². The predicted molar refractivity (Wildman–Crippen MR) is 54.4 cm³/mol. The van der Waals surface area contributed by atoms with Crippen LogP contribution in [0.5, 0.6) is 0 Å². The Labute approximate surface area is 80.3 Å². The fourth-order valence-corrected chi connectivity index (χ4v) is 0.922. The lowest BCUT2D eigenvalue weighted by Crippen LogP contribution is -2.12. The van der Waals surface area contributed by atoms with E-state index in [1.54, 1.807) is 12.2 Å². The van der Waals surface area contributed by atoms with Crippen molar-refractivity contribution in [1.82, 2.24) is 0 Å². The van der Waals surface area contributed by atoms with Gasteiger partial charge in [0, 0.05) is 6.42 Å². The summed E-state index contributed by atoms with van der Waals surface area (Å²) in [7, 11) is 0. The Balaban J connectivity index is 3.60. The molecule has 0 rings (SSSR count). The molecule has 0 radical (unpaired) electrons. The molecule has 0 aromatic heterocycles. The molecule has 0 N–H and O–H groups in total. The highest BCUT2D eigenvalue weighted by Gasteiger charge is 2.06. The Bertz CT molecular complexity index is 165. The molecule has 2 nitrogen and oxygen atoms in total. The second-order valence-electron chi connectivity index (χ2n) is 2.88. The number of esters is 1. The minimum Gasteiger partial charge on any atom is -0.454 e. The standard InChI is InChI=1S/C11H18O2/c1-4-7-8-9-11(12)13-10(5-2)6-3/h5-6,10H,2-4,7-9H2,1H3. The molecule has 0 fully saturated rings. The van der Waals surface area contributed by atoms with Gasteiger partial charge in [0.25, 0.3) is 0 Å². The number of unbranched alkanes of at least 4 members (excludes halogenated alkanes) is 2. The van der Waals surface area contributed by atoms with Gasteiger partial charge in [0.05, 0.1) is 0 Å². The maximum Gasteiger partial charge on any atom is 0.306 e. The summed E-state index contributed by atoms with van der Waals surface area (Å²) in [4.78, 5) is 11.1. The van der Waals surface area contributed by atoms with E-state index in [0.717, 1.165) is 19.3 Å². The van der Waals surface area contributed by atoms with Gasteiger partial charge in [0.2, 0.25) is 0 Å². The molecule has 13 heavy (non-hydrogen) atoms.